The highest BCUT2D eigenvalue weighted by Crippen LogP contribution is 2.68. The van der Waals surface area contributed by atoms with Crippen LogP contribution >= 0.6 is 0 Å². The molecule has 0 heterocycles. The van der Waals surface area contributed by atoms with Gasteiger partial charge < -0.3 is 5.32 Å². The molecule has 1 aliphatic rings. The number of rotatable bonds is 2. The summed E-state index contributed by atoms with van der Waals surface area (Å²) in [6, 6.07) is 14.2. The monoisotopic (exact) mass is 267 g/mol. The Morgan fingerprint density at radius 1 is 0.950 bits per heavy atom. The molecule has 2 aromatic carbocycles. The molecule has 2 nitrogen and oxygen atoms in total. The third kappa shape index (κ3) is 1.82. The van der Waals surface area contributed by atoms with Gasteiger partial charge in [-0.3, -0.25) is 4.79 Å². The number of amides is 1. The number of carbonyl (C=O) groups is 1. The Kier molecular flexibility index (Phi) is 2.69. The van der Waals surface area contributed by atoms with E-state index in [1.165, 1.54) is 5.39 Å². The summed E-state index contributed by atoms with van der Waals surface area (Å²) in [7, 11) is 0. The Balaban J connectivity index is 1.82. The molecule has 104 valence electrons. The van der Waals surface area contributed by atoms with E-state index in [2.05, 4.69) is 45.1 Å². The fourth-order valence-electron chi connectivity index (χ4n) is 3.33. The average Bonchev–Trinajstić information content (AvgIpc) is 2.79. The molecule has 2 heteroatoms. The lowest BCUT2D eigenvalue weighted by Crippen LogP contribution is -2.17. The lowest BCUT2D eigenvalue weighted by molar-refractivity contribution is -0.118. The Hall–Kier alpha value is -1.83. The van der Waals surface area contributed by atoms with Crippen LogP contribution in [0.4, 0.5) is 5.69 Å². The van der Waals surface area contributed by atoms with E-state index >= 15 is 0 Å². The maximum absolute atomic E-state index is 12.4. The van der Waals surface area contributed by atoms with Gasteiger partial charge in [-0.05, 0) is 33.7 Å². The number of anilines is 1. The lowest BCUT2D eigenvalue weighted by Gasteiger charge is -2.07. The van der Waals surface area contributed by atoms with E-state index < -0.39 is 0 Å². The molecule has 3 rings (SSSR count). The van der Waals surface area contributed by atoms with Gasteiger partial charge in [-0.25, -0.2) is 0 Å². The molecule has 0 bridgehead atoms. The van der Waals surface area contributed by atoms with Crippen LogP contribution in [-0.4, -0.2) is 5.91 Å². The Morgan fingerprint density at radius 2 is 1.55 bits per heavy atom. The van der Waals surface area contributed by atoms with Gasteiger partial charge in [0, 0.05) is 11.6 Å². The standard InChI is InChI=1S/C18H21NO/c1-17(2)15(18(17,3)4)16(20)19-14-10-9-12-7-5-6-8-13(12)11-14/h5-11,15H,1-4H3,(H,19,20). The van der Waals surface area contributed by atoms with Crippen molar-refractivity contribution in [2.75, 3.05) is 5.32 Å². The molecule has 0 aliphatic heterocycles. The van der Waals surface area contributed by atoms with E-state index in [4.69, 9.17) is 0 Å². The minimum atomic E-state index is 0.0773. The highest BCUT2D eigenvalue weighted by molar-refractivity contribution is 5.98. The van der Waals surface area contributed by atoms with Crippen molar-refractivity contribution in [3.05, 3.63) is 42.5 Å². The highest BCUT2D eigenvalue weighted by Gasteiger charge is 2.68. The highest BCUT2D eigenvalue weighted by atomic mass is 16.2. The predicted molar refractivity (Wildman–Crippen MR) is 83.6 cm³/mol. The van der Waals surface area contributed by atoms with Gasteiger partial charge in [0.1, 0.15) is 0 Å². The normalized spacial score (nSPS) is 19.8. The fraction of sp³-hybridized carbons (Fsp3) is 0.389. The fourth-order valence-corrected chi connectivity index (χ4v) is 3.33. The second kappa shape index (κ2) is 4.08. The number of benzene rings is 2. The summed E-state index contributed by atoms with van der Waals surface area (Å²) < 4.78 is 0. The number of hydrogen-bond acceptors (Lipinski definition) is 1. The van der Waals surface area contributed by atoms with E-state index in [1.807, 2.05) is 30.3 Å². The molecule has 0 spiro atoms. The zero-order valence-electron chi connectivity index (χ0n) is 12.5. The quantitative estimate of drug-likeness (QED) is 0.855. The minimum absolute atomic E-state index is 0.0773. The molecule has 0 unspecified atom stereocenters. The van der Waals surface area contributed by atoms with Crippen LogP contribution in [0, 0.1) is 16.7 Å². The molecular formula is C18H21NO. The molecule has 0 radical (unpaired) electrons. The summed E-state index contributed by atoms with van der Waals surface area (Å²) in [5.41, 5.74) is 1.04. The average molecular weight is 267 g/mol. The molecule has 1 amide bonds. The van der Waals surface area contributed by atoms with Crippen molar-refractivity contribution < 1.29 is 4.79 Å². The Morgan fingerprint density at radius 3 is 2.15 bits per heavy atom. The molecule has 1 saturated carbocycles. The number of carbonyl (C=O) groups excluding carboxylic acids is 1. The SMILES string of the molecule is CC1(C)C(C(=O)Nc2ccc3ccccc3c2)C1(C)C. The van der Waals surface area contributed by atoms with Crippen LogP contribution in [-0.2, 0) is 4.79 Å². The van der Waals surface area contributed by atoms with Crippen LogP contribution in [0.3, 0.4) is 0 Å². The minimum Gasteiger partial charge on any atom is -0.326 e. The van der Waals surface area contributed by atoms with Crippen molar-refractivity contribution in [1.82, 2.24) is 0 Å². The summed E-state index contributed by atoms with van der Waals surface area (Å²) in [6.45, 7) is 8.66. The maximum atomic E-state index is 12.4. The van der Waals surface area contributed by atoms with Gasteiger partial charge in [0.05, 0.1) is 0 Å². The third-order valence-corrected chi connectivity index (χ3v) is 5.30. The van der Waals surface area contributed by atoms with Crippen molar-refractivity contribution in [2.24, 2.45) is 16.7 Å². The Bertz CT molecular complexity index is 671. The lowest BCUT2D eigenvalue weighted by atomic mass is 10.0. The zero-order chi connectivity index (χ0) is 14.5. The second-order valence-corrected chi connectivity index (χ2v) is 6.93. The van der Waals surface area contributed by atoms with Crippen LogP contribution in [0.5, 0.6) is 0 Å². The first-order valence-electron chi connectivity index (χ1n) is 7.14. The van der Waals surface area contributed by atoms with Gasteiger partial charge in [0.2, 0.25) is 5.91 Å². The molecule has 20 heavy (non-hydrogen) atoms. The molecule has 0 aromatic heterocycles. The first kappa shape index (κ1) is 13.2. The van der Waals surface area contributed by atoms with Gasteiger partial charge >= 0.3 is 0 Å². The van der Waals surface area contributed by atoms with Gasteiger partial charge in [-0.1, -0.05) is 58.0 Å². The van der Waals surface area contributed by atoms with Crippen molar-refractivity contribution in [3.8, 4) is 0 Å². The largest absolute Gasteiger partial charge is 0.326 e. The molecule has 2 aromatic rings. The molecular weight excluding hydrogens is 246 g/mol. The van der Waals surface area contributed by atoms with Gasteiger partial charge in [-0.2, -0.15) is 0 Å². The van der Waals surface area contributed by atoms with Gasteiger partial charge in [0.25, 0.3) is 0 Å². The molecule has 0 saturated heterocycles. The van der Waals surface area contributed by atoms with E-state index in [0.717, 1.165) is 11.1 Å². The van der Waals surface area contributed by atoms with Crippen molar-refractivity contribution >= 4 is 22.4 Å². The van der Waals surface area contributed by atoms with Crippen molar-refractivity contribution in [2.45, 2.75) is 27.7 Å². The summed E-state index contributed by atoms with van der Waals surface area (Å²) in [5.74, 6) is 0.219. The summed E-state index contributed by atoms with van der Waals surface area (Å²) >= 11 is 0. The summed E-state index contributed by atoms with van der Waals surface area (Å²) in [6.07, 6.45) is 0. The van der Waals surface area contributed by atoms with Gasteiger partial charge in [-0.15, -0.1) is 0 Å². The number of hydrogen-bond donors (Lipinski definition) is 1. The van der Waals surface area contributed by atoms with Crippen LogP contribution < -0.4 is 5.32 Å². The molecule has 0 atom stereocenters. The summed E-state index contributed by atoms with van der Waals surface area (Å²) in [5, 5.41) is 5.41. The molecule has 1 fully saturated rings. The van der Waals surface area contributed by atoms with Crippen molar-refractivity contribution in [3.63, 3.8) is 0 Å². The third-order valence-electron chi connectivity index (χ3n) is 5.30. The zero-order valence-corrected chi connectivity index (χ0v) is 12.5. The predicted octanol–water partition coefficient (Wildman–Crippen LogP) is 4.46. The van der Waals surface area contributed by atoms with E-state index in [9.17, 15) is 4.79 Å². The van der Waals surface area contributed by atoms with E-state index in [-0.39, 0.29) is 22.7 Å². The van der Waals surface area contributed by atoms with E-state index in [1.54, 1.807) is 0 Å². The van der Waals surface area contributed by atoms with Crippen LogP contribution in [0.1, 0.15) is 27.7 Å². The molecule has 1 aliphatic carbocycles. The smallest absolute Gasteiger partial charge is 0.228 e. The first-order valence-corrected chi connectivity index (χ1v) is 7.14. The van der Waals surface area contributed by atoms with E-state index in [0.29, 0.717) is 0 Å². The Labute approximate surface area is 120 Å². The van der Waals surface area contributed by atoms with Gasteiger partial charge in [0.15, 0.2) is 0 Å². The van der Waals surface area contributed by atoms with Crippen LogP contribution in [0.25, 0.3) is 10.8 Å². The van der Waals surface area contributed by atoms with Crippen LogP contribution in [0.2, 0.25) is 0 Å². The first-order chi connectivity index (χ1) is 9.34. The summed E-state index contributed by atoms with van der Waals surface area (Å²) in [4.78, 5) is 12.4. The van der Waals surface area contributed by atoms with Crippen LogP contribution in [0.15, 0.2) is 42.5 Å². The topological polar surface area (TPSA) is 29.1 Å². The molecule has 1 N–H and O–H groups in total. The number of nitrogens with one attached hydrogen (secondary N) is 1. The number of fused-ring (bicyclic) bond motifs is 1. The second-order valence-electron chi connectivity index (χ2n) is 6.93. The maximum Gasteiger partial charge on any atom is 0.228 e. The van der Waals surface area contributed by atoms with Crippen molar-refractivity contribution in [1.29, 1.82) is 0 Å².